The summed E-state index contributed by atoms with van der Waals surface area (Å²) in [6, 6.07) is 1.89. The Labute approximate surface area is 115 Å². The second-order valence-corrected chi connectivity index (χ2v) is 5.05. The Morgan fingerprint density at radius 3 is 2.89 bits per heavy atom. The summed E-state index contributed by atoms with van der Waals surface area (Å²) < 4.78 is 11.1. The molecule has 1 saturated carbocycles. The predicted octanol–water partition coefficient (Wildman–Crippen LogP) is 2.19. The molecule has 0 radical (unpaired) electrons. The Morgan fingerprint density at radius 1 is 1.33 bits per heavy atom. The molecule has 1 heterocycles. The standard InChI is InChI=1S/C12H18BrN3O2/c1-17-6-7-18-5-4-14-11-8-10(13)15-12(16-11)9-2-3-9/h8-9H,2-7H2,1H3,(H,14,15,16). The number of anilines is 1. The highest BCUT2D eigenvalue weighted by Gasteiger charge is 2.27. The van der Waals surface area contributed by atoms with E-state index in [1.807, 2.05) is 6.07 Å². The van der Waals surface area contributed by atoms with Crippen LogP contribution in [-0.2, 0) is 9.47 Å². The molecule has 100 valence electrons. The fourth-order valence-corrected chi connectivity index (χ4v) is 1.94. The van der Waals surface area contributed by atoms with Crippen molar-refractivity contribution in [2.45, 2.75) is 18.8 Å². The SMILES string of the molecule is COCCOCCNc1cc(Br)nc(C2CC2)n1. The Bertz CT molecular complexity index is 386. The van der Waals surface area contributed by atoms with Gasteiger partial charge < -0.3 is 14.8 Å². The summed E-state index contributed by atoms with van der Waals surface area (Å²) in [6.07, 6.45) is 2.41. The van der Waals surface area contributed by atoms with Crippen molar-refractivity contribution in [1.29, 1.82) is 0 Å². The zero-order valence-corrected chi connectivity index (χ0v) is 12.1. The van der Waals surface area contributed by atoms with Crippen molar-refractivity contribution in [3.8, 4) is 0 Å². The number of hydrogen-bond donors (Lipinski definition) is 1. The van der Waals surface area contributed by atoms with Gasteiger partial charge in [0.15, 0.2) is 0 Å². The monoisotopic (exact) mass is 315 g/mol. The summed E-state index contributed by atoms with van der Waals surface area (Å²) in [4.78, 5) is 8.88. The van der Waals surface area contributed by atoms with Crippen LogP contribution in [0.5, 0.6) is 0 Å². The minimum atomic E-state index is 0.556. The number of ether oxygens (including phenoxy) is 2. The lowest BCUT2D eigenvalue weighted by molar-refractivity contribution is 0.0759. The van der Waals surface area contributed by atoms with E-state index in [4.69, 9.17) is 9.47 Å². The van der Waals surface area contributed by atoms with E-state index < -0.39 is 0 Å². The second-order valence-electron chi connectivity index (χ2n) is 4.24. The molecular weight excluding hydrogens is 298 g/mol. The molecule has 1 aliphatic carbocycles. The molecule has 2 rings (SSSR count). The Morgan fingerprint density at radius 2 is 2.17 bits per heavy atom. The number of aromatic nitrogens is 2. The van der Waals surface area contributed by atoms with Crippen LogP contribution < -0.4 is 5.32 Å². The average Bonchev–Trinajstić information content (AvgIpc) is 3.17. The molecule has 1 N–H and O–H groups in total. The number of nitrogens with one attached hydrogen (secondary N) is 1. The highest BCUT2D eigenvalue weighted by molar-refractivity contribution is 9.10. The van der Waals surface area contributed by atoms with E-state index in [2.05, 4.69) is 31.2 Å². The fourth-order valence-electron chi connectivity index (χ4n) is 1.55. The molecule has 0 saturated heterocycles. The third-order valence-corrected chi connectivity index (χ3v) is 3.05. The van der Waals surface area contributed by atoms with Crippen molar-refractivity contribution in [2.75, 3.05) is 38.8 Å². The molecule has 0 spiro atoms. The van der Waals surface area contributed by atoms with Crippen molar-refractivity contribution < 1.29 is 9.47 Å². The minimum absolute atomic E-state index is 0.556. The maximum Gasteiger partial charge on any atom is 0.135 e. The minimum Gasteiger partial charge on any atom is -0.382 e. The van der Waals surface area contributed by atoms with Crippen LogP contribution in [-0.4, -0.2) is 43.4 Å². The molecule has 1 aliphatic rings. The van der Waals surface area contributed by atoms with Crippen LogP contribution in [0.4, 0.5) is 5.82 Å². The van der Waals surface area contributed by atoms with Crippen molar-refractivity contribution in [3.63, 3.8) is 0 Å². The van der Waals surface area contributed by atoms with E-state index in [0.717, 1.165) is 22.8 Å². The van der Waals surface area contributed by atoms with E-state index in [1.165, 1.54) is 12.8 Å². The Hall–Kier alpha value is -0.720. The molecule has 0 aliphatic heterocycles. The molecule has 1 aromatic heterocycles. The summed E-state index contributed by atoms with van der Waals surface area (Å²) >= 11 is 3.41. The smallest absolute Gasteiger partial charge is 0.135 e. The van der Waals surface area contributed by atoms with Crippen LogP contribution in [0.3, 0.4) is 0 Å². The maximum absolute atomic E-state index is 5.37. The van der Waals surface area contributed by atoms with Crippen molar-refractivity contribution in [3.05, 3.63) is 16.5 Å². The Kier molecular flexibility index (Phi) is 5.34. The summed E-state index contributed by atoms with van der Waals surface area (Å²) in [5.41, 5.74) is 0. The lowest BCUT2D eigenvalue weighted by atomic mass is 10.4. The normalized spacial score (nSPS) is 14.8. The zero-order valence-electron chi connectivity index (χ0n) is 10.5. The number of nitrogens with zero attached hydrogens (tertiary/aromatic N) is 2. The second kappa shape index (κ2) is 7.01. The van der Waals surface area contributed by atoms with Crippen LogP contribution in [0.1, 0.15) is 24.6 Å². The van der Waals surface area contributed by atoms with Crippen molar-refractivity contribution in [1.82, 2.24) is 9.97 Å². The third kappa shape index (κ3) is 4.51. The molecular formula is C12H18BrN3O2. The molecule has 0 bridgehead atoms. The topological polar surface area (TPSA) is 56.3 Å². The van der Waals surface area contributed by atoms with E-state index >= 15 is 0 Å². The summed E-state index contributed by atoms with van der Waals surface area (Å²) in [5.74, 6) is 2.35. The quantitative estimate of drug-likeness (QED) is 0.588. The summed E-state index contributed by atoms with van der Waals surface area (Å²) in [7, 11) is 1.67. The molecule has 0 atom stereocenters. The van der Waals surface area contributed by atoms with E-state index in [9.17, 15) is 0 Å². The van der Waals surface area contributed by atoms with Crippen LogP contribution in [0.2, 0.25) is 0 Å². The lowest BCUT2D eigenvalue weighted by Gasteiger charge is -2.08. The summed E-state index contributed by atoms with van der Waals surface area (Å²) in [5, 5.41) is 3.24. The van der Waals surface area contributed by atoms with Gasteiger partial charge >= 0.3 is 0 Å². The molecule has 6 heteroatoms. The maximum atomic E-state index is 5.37. The van der Waals surface area contributed by atoms with Gasteiger partial charge in [0, 0.05) is 25.6 Å². The van der Waals surface area contributed by atoms with Gasteiger partial charge in [0.05, 0.1) is 19.8 Å². The first-order valence-electron chi connectivity index (χ1n) is 6.14. The van der Waals surface area contributed by atoms with Crippen molar-refractivity contribution in [2.24, 2.45) is 0 Å². The van der Waals surface area contributed by atoms with E-state index in [1.54, 1.807) is 7.11 Å². The van der Waals surface area contributed by atoms with E-state index in [-0.39, 0.29) is 0 Å². The first-order chi connectivity index (χ1) is 8.79. The lowest BCUT2D eigenvalue weighted by Crippen LogP contribution is -2.13. The van der Waals surface area contributed by atoms with Crippen LogP contribution in [0.25, 0.3) is 0 Å². The van der Waals surface area contributed by atoms with Gasteiger partial charge in [-0.3, -0.25) is 0 Å². The molecule has 0 aromatic carbocycles. The molecule has 18 heavy (non-hydrogen) atoms. The average molecular weight is 316 g/mol. The number of halogens is 1. The highest BCUT2D eigenvalue weighted by atomic mass is 79.9. The van der Waals surface area contributed by atoms with Gasteiger partial charge in [-0.1, -0.05) is 0 Å². The van der Waals surface area contributed by atoms with Gasteiger partial charge in [-0.05, 0) is 28.8 Å². The molecule has 0 unspecified atom stereocenters. The fraction of sp³-hybridized carbons (Fsp3) is 0.667. The largest absolute Gasteiger partial charge is 0.382 e. The Balaban J connectivity index is 1.74. The first-order valence-corrected chi connectivity index (χ1v) is 6.94. The molecule has 1 aromatic rings. The van der Waals surface area contributed by atoms with Gasteiger partial charge in [-0.2, -0.15) is 0 Å². The van der Waals surface area contributed by atoms with Gasteiger partial charge in [0.1, 0.15) is 16.2 Å². The number of rotatable bonds is 8. The first kappa shape index (κ1) is 13.7. The summed E-state index contributed by atoms with van der Waals surface area (Å²) in [6.45, 7) is 2.63. The van der Waals surface area contributed by atoms with Gasteiger partial charge in [0.2, 0.25) is 0 Å². The third-order valence-electron chi connectivity index (χ3n) is 2.64. The van der Waals surface area contributed by atoms with Crippen LogP contribution >= 0.6 is 15.9 Å². The number of hydrogen-bond acceptors (Lipinski definition) is 5. The van der Waals surface area contributed by atoms with Gasteiger partial charge in [-0.15, -0.1) is 0 Å². The predicted molar refractivity (Wildman–Crippen MR) is 72.9 cm³/mol. The van der Waals surface area contributed by atoms with Gasteiger partial charge in [0.25, 0.3) is 0 Å². The van der Waals surface area contributed by atoms with Crippen molar-refractivity contribution >= 4 is 21.7 Å². The van der Waals surface area contributed by atoms with E-state index in [0.29, 0.717) is 25.7 Å². The molecule has 5 nitrogen and oxygen atoms in total. The number of methoxy groups -OCH3 is 1. The van der Waals surface area contributed by atoms with Crippen LogP contribution in [0.15, 0.2) is 10.7 Å². The zero-order chi connectivity index (χ0) is 12.8. The highest BCUT2D eigenvalue weighted by Crippen LogP contribution is 2.38. The molecule has 0 amide bonds. The van der Waals surface area contributed by atoms with Gasteiger partial charge in [-0.25, -0.2) is 9.97 Å². The van der Waals surface area contributed by atoms with Crippen LogP contribution in [0, 0.1) is 0 Å². The molecule has 1 fully saturated rings.